The van der Waals surface area contributed by atoms with Crippen LogP contribution in [0.4, 0.5) is 0 Å². The Morgan fingerprint density at radius 1 is 1.28 bits per heavy atom. The molecule has 1 saturated heterocycles. The van der Waals surface area contributed by atoms with Crippen LogP contribution in [-0.2, 0) is 14.3 Å². The van der Waals surface area contributed by atoms with E-state index in [9.17, 15) is 9.90 Å². The van der Waals surface area contributed by atoms with Crippen molar-refractivity contribution in [3.05, 3.63) is 35.6 Å². The molecule has 5 atom stereocenters. The number of ether oxygens (including phenoxy) is 2. The summed E-state index contributed by atoms with van der Waals surface area (Å²) in [5, 5.41) is 10.7. The maximum Gasteiger partial charge on any atom is 0.188 e. The van der Waals surface area contributed by atoms with E-state index in [0.717, 1.165) is 30.4 Å². The Hall–Kier alpha value is -1.39. The lowest BCUT2D eigenvalue weighted by Gasteiger charge is -2.45. The molecule has 3 aliphatic carbocycles. The van der Waals surface area contributed by atoms with Gasteiger partial charge in [0.2, 0.25) is 0 Å². The third kappa shape index (κ3) is 2.48. The van der Waals surface area contributed by atoms with Gasteiger partial charge in [-0.25, -0.2) is 0 Å². The van der Waals surface area contributed by atoms with Crippen LogP contribution in [0.1, 0.15) is 72.6 Å². The van der Waals surface area contributed by atoms with Gasteiger partial charge in [-0.2, -0.15) is 0 Å². The number of aliphatic hydroxyl groups is 1. The highest BCUT2D eigenvalue weighted by Crippen LogP contribution is 2.74. The first-order chi connectivity index (χ1) is 13.6. The lowest BCUT2D eigenvalue weighted by Crippen LogP contribution is -2.47. The number of ketones is 1. The van der Waals surface area contributed by atoms with Gasteiger partial charge in [0, 0.05) is 23.5 Å². The van der Waals surface area contributed by atoms with Gasteiger partial charge in [0.1, 0.15) is 17.0 Å². The molecule has 0 aromatic rings. The molecule has 5 rings (SSSR count). The van der Waals surface area contributed by atoms with Crippen molar-refractivity contribution in [3.63, 3.8) is 0 Å². The summed E-state index contributed by atoms with van der Waals surface area (Å²) in [6, 6.07) is 0. The summed E-state index contributed by atoms with van der Waals surface area (Å²) in [5.74, 6) is 2.02. The van der Waals surface area contributed by atoms with Crippen molar-refractivity contribution < 1.29 is 19.4 Å². The number of carbonyl (C=O) groups is 1. The molecule has 4 heteroatoms. The number of allylic oxidation sites excluding steroid dienone is 3. The van der Waals surface area contributed by atoms with Gasteiger partial charge in [-0.3, -0.25) is 4.79 Å². The van der Waals surface area contributed by atoms with Gasteiger partial charge in [-0.15, -0.1) is 6.58 Å². The summed E-state index contributed by atoms with van der Waals surface area (Å²) in [5.41, 5.74) is 0.222. The minimum Gasteiger partial charge on any atom is -0.487 e. The molecule has 2 spiro atoms. The number of carbonyl (C=O) groups excluding carboxylic acids is 1. The first-order valence-corrected chi connectivity index (χ1v) is 11.3. The van der Waals surface area contributed by atoms with Gasteiger partial charge >= 0.3 is 0 Å². The Morgan fingerprint density at radius 2 is 2.03 bits per heavy atom. The summed E-state index contributed by atoms with van der Waals surface area (Å²) >= 11 is 0. The van der Waals surface area contributed by atoms with Crippen LogP contribution in [0.15, 0.2) is 35.6 Å². The van der Waals surface area contributed by atoms with Gasteiger partial charge in [-0.05, 0) is 69.8 Å². The second-order valence-corrected chi connectivity index (χ2v) is 10.9. The standard InChI is InChI=1S/C25H34O4/c1-6-7-16-12-25(14-19(26)22(4,5)29-25)21-17(20(16)27)8-9-24(28-21)11-10-23(15(2)3)13-18(23)24/h6,12,15,18-19,26H,1,7-11,13-14H2,2-5H3/t18-,19-,23+,24-,25-/m1/s1. The van der Waals surface area contributed by atoms with E-state index < -0.39 is 17.3 Å². The quantitative estimate of drug-likeness (QED) is 0.704. The van der Waals surface area contributed by atoms with Crippen molar-refractivity contribution in [1.29, 1.82) is 0 Å². The third-order valence-corrected chi connectivity index (χ3v) is 8.76. The van der Waals surface area contributed by atoms with E-state index in [1.807, 2.05) is 19.9 Å². The molecule has 0 radical (unpaired) electrons. The van der Waals surface area contributed by atoms with E-state index in [1.54, 1.807) is 6.08 Å². The van der Waals surface area contributed by atoms with Crippen LogP contribution in [-0.4, -0.2) is 33.8 Å². The molecule has 0 aromatic heterocycles. The van der Waals surface area contributed by atoms with E-state index in [4.69, 9.17) is 9.47 Å². The minimum absolute atomic E-state index is 0.0760. The van der Waals surface area contributed by atoms with E-state index in [2.05, 4.69) is 20.4 Å². The summed E-state index contributed by atoms with van der Waals surface area (Å²) in [6.07, 6.45) is 9.22. The molecule has 0 aromatic carbocycles. The number of Topliss-reactive ketones (excluding diaryl/α,β-unsaturated/α-hetero) is 1. The number of hydrogen-bond acceptors (Lipinski definition) is 4. The Kier molecular flexibility index (Phi) is 3.95. The van der Waals surface area contributed by atoms with Crippen molar-refractivity contribution in [2.24, 2.45) is 17.3 Å². The predicted octanol–water partition coefficient (Wildman–Crippen LogP) is 4.63. The molecule has 2 saturated carbocycles. The molecule has 1 N–H and O–H groups in total. The summed E-state index contributed by atoms with van der Waals surface area (Å²) in [6.45, 7) is 12.3. The van der Waals surface area contributed by atoms with Gasteiger partial charge in [0.15, 0.2) is 5.78 Å². The highest BCUT2D eigenvalue weighted by molar-refractivity contribution is 6.10. The molecule has 29 heavy (non-hydrogen) atoms. The van der Waals surface area contributed by atoms with Crippen LogP contribution < -0.4 is 0 Å². The average Bonchev–Trinajstić information content (AvgIpc) is 3.28. The number of aliphatic hydroxyl groups excluding tert-OH is 1. The van der Waals surface area contributed by atoms with Crippen LogP contribution in [0.25, 0.3) is 0 Å². The van der Waals surface area contributed by atoms with Gasteiger partial charge in [0.25, 0.3) is 0 Å². The van der Waals surface area contributed by atoms with Crippen LogP contribution in [0.3, 0.4) is 0 Å². The lowest BCUT2D eigenvalue weighted by molar-refractivity contribution is -0.130. The first-order valence-electron chi connectivity index (χ1n) is 11.3. The van der Waals surface area contributed by atoms with Gasteiger partial charge < -0.3 is 14.6 Å². The van der Waals surface area contributed by atoms with Crippen molar-refractivity contribution in [1.82, 2.24) is 0 Å². The maximum atomic E-state index is 13.2. The van der Waals surface area contributed by atoms with E-state index in [-0.39, 0.29) is 11.4 Å². The molecule has 4 nitrogen and oxygen atoms in total. The zero-order chi connectivity index (χ0) is 20.8. The molecule has 5 aliphatic rings. The predicted molar refractivity (Wildman–Crippen MR) is 111 cm³/mol. The molecular formula is C25H34O4. The van der Waals surface area contributed by atoms with Crippen molar-refractivity contribution >= 4 is 5.78 Å². The van der Waals surface area contributed by atoms with Crippen molar-refractivity contribution in [2.45, 2.75) is 95.5 Å². The minimum atomic E-state index is -0.837. The summed E-state index contributed by atoms with van der Waals surface area (Å²) < 4.78 is 13.4. The molecule has 0 amide bonds. The van der Waals surface area contributed by atoms with E-state index in [1.165, 1.54) is 12.8 Å². The average molecular weight is 399 g/mol. The fourth-order valence-corrected chi connectivity index (χ4v) is 6.85. The lowest BCUT2D eigenvalue weighted by atomic mass is 9.76. The molecule has 0 bridgehead atoms. The first kappa shape index (κ1) is 19.6. The molecule has 3 fully saturated rings. The van der Waals surface area contributed by atoms with Crippen LogP contribution in [0.5, 0.6) is 0 Å². The van der Waals surface area contributed by atoms with Crippen LogP contribution in [0.2, 0.25) is 0 Å². The second kappa shape index (κ2) is 5.85. The smallest absolute Gasteiger partial charge is 0.188 e. The topological polar surface area (TPSA) is 55.8 Å². The SMILES string of the molecule is C=CCC1=C[C@@]2(C[C@@H](O)C(C)(C)O2)C2=C(CC[C@]3(CC[C@@]4(C(C)C)C[C@@H]34)O2)C1=O. The van der Waals surface area contributed by atoms with E-state index >= 15 is 0 Å². The largest absolute Gasteiger partial charge is 0.487 e. The Morgan fingerprint density at radius 3 is 2.59 bits per heavy atom. The zero-order valence-corrected chi connectivity index (χ0v) is 18.2. The Bertz CT molecular complexity index is 849. The highest BCUT2D eigenvalue weighted by Gasteiger charge is 2.72. The van der Waals surface area contributed by atoms with Crippen LogP contribution >= 0.6 is 0 Å². The number of rotatable bonds is 3. The van der Waals surface area contributed by atoms with Crippen molar-refractivity contribution in [3.8, 4) is 0 Å². The highest BCUT2D eigenvalue weighted by atomic mass is 16.6. The maximum absolute atomic E-state index is 13.2. The number of hydrogen-bond donors (Lipinski definition) is 1. The normalized spacial score (nSPS) is 44.8. The summed E-state index contributed by atoms with van der Waals surface area (Å²) in [4.78, 5) is 13.2. The molecular weight excluding hydrogens is 364 g/mol. The van der Waals surface area contributed by atoms with Gasteiger partial charge in [-0.1, -0.05) is 19.9 Å². The molecule has 2 heterocycles. The third-order valence-electron chi connectivity index (χ3n) is 8.76. The summed E-state index contributed by atoms with van der Waals surface area (Å²) in [7, 11) is 0. The monoisotopic (exact) mass is 398 g/mol. The second-order valence-electron chi connectivity index (χ2n) is 10.9. The molecule has 158 valence electrons. The Balaban J connectivity index is 1.56. The van der Waals surface area contributed by atoms with Crippen molar-refractivity contribution in [2.75, 3.05) is 0 Å². The van der Waals surface area contributed by atoms with Gasteiger partial charge in [0.05, 0.1) is 11.7 Å². The Labute approximate surface area is 174 Å². The zero-order valence-electron chi connectivity index (χ0n) is 18.2. The molecule has 2 aliphatic heterocycles. The fourth-order valence-electron chi connectivity index (χ4n) is 6.85. The molecule has 0 unspecified atom stereocenters. The van der Waals surface area contributed by atoms with E-state index in [0.29, 0.717) is 35.9 Å². The number of fused-ring (bicyclic) bond motifs is 3. The fraction of sp³-hybridized carbons (Fsp3) is 0.720. The van der Waals surface area contributed by atoms with Crippen LogP contribution in [0, 0.1) is 17.3 Å².